The zero-order valence-electron chi connectivity index (χ0n) is 12.0. The molecule has 20 heavy (non-hydrogen) atoms. The third-order valence-corrected chi connectivity index (χ3v) is 4.45. The van der Waals surface area contributed by atoms with E-state index >= 15 is 0 Å². The third-order valence-electron chi connectivity index (χ3n) is 3.62. The van der Waals surface area contributed by atoms with Gasteiger partial charge in [-0.25, -0.2) is 0 Å². The first kappa shape index (κ1) is 16.1. The van der Waals surface area contributed by atoms with Crippen molar-refractivity contribution in [3.05, 3.63) is 33.8 Å². The van der Waals surface area contributed by atoms with Gasteiger partial charge in [0.1, 0.15) is 0 Å². The van der Waals surface area contributed by atoms with E-state index in [9.17, 15) is 0 Å². The summed E-state index contributed by atoms with van der Waals surface area (Å²) in [5.41, 5.74) is 1.05. The predicted octanol–water partition coefficient (Wildman–Crippen LogP) is 3.36. The Bertz CT molecular complexity index is 436. The normalized spacial score (nSPS) is 19.8. The van der Waals surface area contributed by atoms with E-state index in [4.69, 9.17) is 27.9 Å². The summed E-state index contributed by atoms with van der Waals surface area (Å²) >= 11 is 12.3. The van der Waals surface area contributed by atoms with Crippen LogP contribution in [-0.4, -0.2) is 43.8 Å². The van der Waals surface area contributed by atoms with Crippen LogP contribution in [0.1, 0.15) is 25.5 Å². The fourth-order valence-corrected chi connectivity index (χ4v) is 3.07. The Kier molecular flexibility index (Phi) is 6.12. The SMILES string of the molecule is CC(CN1CCOCC1)NC(C)c1cccc(Cl)c1Cl. The van der Waals surface area contributed by atoms with Crippen molar-refractivity contribution in [2.75, 3.05) is 32.8 Å². The van der Waals surface area contributed by atoms with Gasteiger partial charge in [0.25, 0.3) is 0 Å². The van der Waals surface area contributed by atoms with Gasteiger partial charge in [0.15, 0.2) is 0 Å². The maximum Gasteiger partial charge on any atom is 0.0639 e. The second-order valence-electron chi connectivity index (χ2n) is 5.35. The first-order valence-electron chi connectivity index (χ1n) is 7.08. The highest BCUT2D eigenvalue weighted by atomic mass is 35.5. The maximum absolute atomic E-state index is 6.26. The molecule has 0 saturated carbocycles. The first-order chi connectivity index (χ1) is 9.58. The summed E-state index contributed by atoms with van der Waals surface area (Å²) in [6.07, 6.45) is 0. The lowest BCUT2D eigenvalue weighted by atomic mass is 10.1. The second kappa shape index (κ2) is 7.62. The van der Waals surface area contributed by atoms with E-state index in [1.165, 1.54) is 0 Å². The van der Waals surface area contributed by atoms with E-state index < -0.39 is 0 Å². The molecule has 5 heteroatoms. The Balaban J connectivity index is 1.89. The van der Waals surface area contributed by atoms with Crippen LogP contribution in [0.25, 0.3) is 0 Å². The number of hydrogen-bond donors (Lipinski definition) is 1. The Labute approximate surface area is 131 Å². The molecular formula is C15H22Cl2N2O. The summed E-state index contributed by atoms with van der Waals surface area (Å²) in [5.74, 6) is 0. The molecule has 2 unspecified atom stereocenters. The summed E-state index contributed by atoms with van der Waals surface area (Å²) < 4.78 is 5.37. The van der Waals surface area contributed by atoms with E-state index in [0.717, 1.165) is 38.4 Å². The van der Waals surface area contributed by atoms with E-state index in [1.54, 1.807) is 0 Å². The van der Waals surface area contributed by atoms with Crippen molar-refractivity contribution in [3.63, 3.8) is 0 Å². The average Bonchev–Trinajstić information content (AvgIpc) is 2.42. The quantitative estimate of drug-likeness (QED) is 0.901. The van der Waals surface area contributed by atoms with Crippen molar-refractivity contribution in [3.8, 4) is 0 Å². The van der Waals surface area contributed by atoms with Gasteiger partial charge in [0.05, 0.1) is 23.3 Å². The Hall–Kier alpha value is -0.320. The standard InChI is InChI=1S/C15H22Cl2N2O/c1-11(10-19-6-8-20-9-7-19)18-12(2)13-4-3-5-14(16)15(13)17/h3-5,11-12,18H,6-10H2,1-2H3. The van der Waals surface area contributed by atoms with Crippen LogP contribution in [0.3, 0.4) is 0 Å². The summed E-state index contributed by atoms with van der Waals surface area (Å²) in [6, 6.07) is 6.34. The molecule has 0 amide bonds. The van der Waals surface area contributed by atoms with E-state index in [0.29, 0.717) is 16.1 Å². The van der Waals surface area contributed by atoms with Crippen LogP contribution in [0.2, 0.25) is 10.0 Å². The van der Waals surface area contributed by atoms with Crippen molar-refractivity contribution < 1.29 is 4.74 Å². The average molecular weight is 317 g/mol. The van der Waals surface area contributed by atoms with Gasteiger partial charge in [0.2, 0.25) is 0 Å². The molecule has 1 aliphatic heterocycles. The number of benzene rings is 1. The summed E-state index contributed by atoms with van der Waals surface area (Å²) in [4.78, 5) is 2.42. The molecule has 1 aromatic carbocycles. The third kappa shape index (κ3) is 4.34. The van der Waals surface area contributed by atoms with Crippen LogP contribution in [0.5, 0.6) is 0 Å². The molecule has 2 atom stereocenters. The van der Waals surface area contributed by atoms with Gasteiger partial charge in [-0.05, 0) is 25.5 Å². The highest BCUT2D eigenvalue weighted by Gasteiger charge is 2.17. The minimum absolute atomic E-state index is 0.178. The molecule has 0 aromatic heterocycles. The molecule has 1 aliphatic rings. The molecular weight excluding hydrogens is 295 g/mol. The lowest BCUT2D eigenvalue weighted by Gasteiger charge is -2.31. The topological polar surface area (TPSA) is 24.5 Å². The monoisotopic (exact) mass is 316 g/mol. The molecule has 0 aliphatic carbocycles. The fourth-order valence-electron chi connectivity index (χ4n) is 2.60. The molecule has 1 N–H and O–H groups in total. The molecule has 0 spiro atoms. The number of halogens is 2. The van der Waals surface area contributed by atoms with Gasteiger partial charge < -0.3 is 10.1 Å². The molecule has 2 rings (SSSR count). The summed E-state index contributed by atoms with van der Waals surface area (Å²) in [6.45, 7) is 9.03. The highest BCUT2D eigenvalue weighted by molar-refractivity contribution is 6.42. The van der Waals surface area contributed by atoms with Crippen molar-refractivity contribution in [2.24, 2.45) is 0 Å². The predicted molar refractivity (Wildman–Crippen MR) is 84.7 cm³/mol. The lowest BCUT2D eigenvalue weighted by molar-refractivity contribution is 0.0339. The Morgan fingerprint density at radius 1 is 1.25 bits per heavy atom. The number of rotatable bonds is 5. The van der Waals surface area contributed by atoms with Crippen molar-refractivity contribution in [1.29, 1.82) is 0 Å². The van der Waals surface area contributed by atoms with Crippen molar-refractivity contribution in [2.45, 2.75) is 25.9 Å². The number of nitrogens with zero attached hydrogens (tertiary/aromatic N) is 1. The summed E-state index contributed by atoms with van der Waals surface area (Å²) in [7, 11) is 0. The van der Waals surface area contributed by atoms with E-state index in [-0.39, 0.29) is 6.04 Å². The van der Waals surface area contributed by atoms with Crippen LogP contribution >= 0.6 is 23.2 Å². The molecule has 1 heterocycles. The maximum atomic E-state index is 6.26. The zero-order valence-corrected chi connectivity index (χ0v) is 13.5. The second-order valence-corrected chi connectivity index (χ2v) is 6.13. The molecule has 1 fully saturated rings. The molecule has 3 nitrogen and oxygen atoms in total. The Morgan fingerprint density at radius 3 is 2.65 bits per heavy atom. The van der Waals surface area contributed by atoms with Crippen LogP contribution < -0.4 is 5.32 Å². The van der Waals surface area contributed by atoms with Gasteiger partial charge in [-0.1, -0.05) is 35.3 Å². The van der Waals surface area contributed by atoms with Gasteiger partial charge in [-0.2, -0.15) is 0 Å². The largest absolute Gasteiger partial charge is 0.379 e. The molecule has 1 aromatic rings. The molecule has 112 valence electrons. The number of nitrogens with one attached hydrogen (secondary N) is 1. The van der Waals surface area contributed by atoms with Crippen LogP contribution in [-0.2, 0) is 4.74 Å². The highest BCUT2D eigenvalue weighted by Crippen LogP contribution is 2.29. The van der Waals surface area contributed by atoms with Crippen molar-refractivity contribution >= 4 is 23.2 Å². The van der Waals surface area contributed by atoms with E-state index in [2.05, 4.69) is 24.1 Å². The van der Waals surface area contributed by atoms with Gasteiger partial charge in [-0.3, -0.25) is 4.90 Å². The molecule has 1 saturated heterocycles. The number of hydrogen-bond acceptors (Lipinski definition) is 3. The van der Waals surface area contributed by atoms with Crippen molar-refractivity contribution in [1.82, 2.24) is 10.2 Å². The Morgan fingerprint density at radius 2 is 1.95 bits per heavy atom. The van der Waals surface area contributed by atoms with Gasteiger partial charge in [0, 0.05) is 31.7 Å². The summed E-state index contributed by atoms with van der Waals surface area (Å²) in [5, 5.41) is 4.84. The number of morpholine rings is 1. The number of ether oxygens (including phenoxy) is 1. The van der Waals surface area contributed by atoms with Gasteiger partial charge in [-0.15, -0.1) is 0 Å². The molecule has 0 radical (unpaired) electrons. The zero-order chi connectivity index (χ0) is 14.5. The lowest BCUT2D eigenvalue weighted by Crippen LogP contribution is -2.45. The van der Waals surface area contributed by atoms with Gasteiger partial charge >= 0.3 is 0 Å². The van der Waals surface area contributed by atoms with Crippen LogP contribution in [0.4, 0.5) is 0 Å². The fraction of sp³-hybridized carbons (Fsp3) is 0.600. The van der Waals surface area contributed by atoms with E-state index in [1.807, 2.05) is 18.2 Å². The minimum atomic E-state index is 0.178. The molecule has 0 bridgehead atoms. The first-order valence-corrected chi connectivity index (χ1v) is 7.83. The minimum Gasteiger partial charge on any atom is -0.379 e. The van der Waals surface area contributed by atoms with Crippen LogP contribution in [0, 0.1) is 0 Å². The smallest absolute Gasteiger partial charge is 0.0639 e. The van der Waals surface area contributed by atoms with Crippen LogP contribution in [0.15, 0.2) is 18.2 Å².